The molecular weight excluding hydrogens is 348 g/mol. The van der Waals surface area contributed by atoms with E-state index in [0.717, 1.165) is 12.1 Å². The van der Waals surface area contributed by atoms with Gasteiger partial charge in [0.1, 0.15) is 0 Å². The van der Waals surface area contributed by atoms with E-state index in [-0.39, 0.29) is 0 Å². The van der Waals surface area contributed by atoms with Gasteiger partial charge in [-0.25, -0.2) is 0 Å². The van der Waals surface area contributed by atoms with Crippen molar-refractivity contribution >= 4 is 22.6 Å². The molecule has 0 saturated carbocycles. The van der Waals surface area contributed by atoms with Crippen LogP contribution in [0.15, 0.2) is 28.7 Å². The first-order valence-electron chi connectivity index (χ1n) is 4.59. The van der Waals surface area contributed by atoms with Crippen LogP contribution in [0, 0.1) is 3.90 Å². The summed E-state index contributed by atoms with van der Waals surface area (Å²) in [6.07, 6.45) is -3.98. The Morgan fingerprint density at radius 3 is 2.24 bits per heavy atom. The number of hydrogen-bond donors (Lipinski definition) is 0. The number of benzene rings is 1. The van der Waals surface area contributed by atoms with Gasteiger partial charge in [0.2, 0.25) is 5.89 Å². The molecule has 0 spiro atoms. The van der Waals surface area contributed by atoms with Crippen LogP contribution in [-0.2, 0) is 12.6 Å². The van der Waals surface area contributed by atoms with E-state index in [1.807, 2.05) is 22.6 Å². The smallest absolute Gasteiger partial charge is 0.416 e. The topological polar surface area (TPSA) is 38.9 Å². The standard InChI is InChI=1S/C10H6F3IN2O/c11-10(12,13)7-3-1-6(2-4-7)5-8-15-16-9(14)17-8/h1-4H,5H2. The van der Waals surface area contributed by atoms with Crippen LogP contribution in [0.1, 0.15) is 17.0 Å². The lowest BCUT2D eigenvalue weighted by atomic mass is 10.1. The van der Waals surface area contributed by atoms with Gasteiger partial charge >= 0.3 is 6.18 Å². The first kappa shape index (κ1) is 12.3. The molecule has 0 atom stereocenters. The van der Waals surface area contributed by atoms with Crippen molar-refractivity contribution in [1.82, 2.24) is 10.2 Å². The van der Waals surface area contributed by atoms with Gasteiger partial charge < -0.3 is 4.42 Å². The maximum absolute atomic E-state index is 12.3. The highest BCUT2D eigenvalue weighted by atomic mass is 127. The number of nitrogens with zero attached hydrogens (tertiary/aromatic N) is 2. The maximum atomic E-state index is 12.3. The number of rotatable bonds is 2. The SMILES string of the molecule is FC(F)(F)c1ccc(Cc2nnc(I)o2)cc1. The van der Waals surface area contributed by atoms with Gasteiger partial charge in [-0.1, -0.05) is 12.1 Å². The molecule has 0 aliphatic carbocycles. The Bertz CT molecular complexity index is 507. The molecule has 90 valence electrons. The Balaban J connectivity index is 2.13. The number of hydrogen-bond acceptors (Lipinski definition) is 3. The summed E-state index contributed by atoms with van der Waals surface area (Å²) >= 11 is 1.87. The van der Waals surface area contributed by atoms with Gasteiger partial charge in [-0.05, 0) is 17.7 Å². The molecule has 3 nitrogen and oxygen atoms in total. The first-order valence-corrected chi connectivity index (χ1v) is 5.67. The van der Waals surface area contributed by atoms with Gasteiger partial charge in [-0.3, -0.25) is 0 Å². The molecule has 17 heavy (non-hydrogen) atoms. The Kier molecular flexibility index (Phi) is 3.36. The Labute approximate surface area is 108 Å². The minimum absolute atomic E-state index is 0.328. The molecule has 0 unspecified atom stereocenters. The van der Waals surface area contributed by atoms with Crippen molar-refractivity contribution in [3.8, 4) is 0 Å². The molecule has 2 aromatic rings. The maximum Gasteiger partial charge on any atom is 0.416 e. The quantitative estimate of drug-likeness (QED) is 0.777. The van der Waals surface area contributed by atoms with Crippen LogP contribution in [0.2, 0.25) is 0 Å². The van der Waals surface area contributed by atoms with Crippen molar-refractivity contribution < 1.29 is 17.6 Å². The van der Waals surface area contributed by atoms with Gasteiger partial charge in [-0.2, -0.15) is 13.2 Å². The molecule has 0 aliphatic heterocycles. The third-order valence-corrected chi connectivity index (χ3v) is 2.51. The van der Waals surface area contributed by atoms with E-state index in [9.17, 15) is 13.2 Å². The summed E-state index contributed by atoms with van der Waals surface area (Å²) in [4.78, 5) is 0. The van der Waals surface area contributed by atoms with Crippen molar-refractivity contribution in [3.05, 3.63) is 45.2 Å². The van der Waals surface area contributed by atoms with Crippen molar-refractivity contribution in [2.45, 2.75) is 12.6 Å². The molecule has 0 aliphatic rings. The highest BCUT2D eigenvalue weighted by molar-refractivity contribution is 14.1. The number of halogens is 4. The lowest BCUT2D eigenvalue weighted by Crippen LogP contribution is -2.04. The molecule has 2 rings (SSSR count). The van der Waals surface area contributed by atoms with Gasteiger partial charge in [0, 0.05) is 22.6 Å². The molecule has 0 radical (unpaired) electrons. The number of alkyl halides is 3. The highest BCUT2D eigenvalue weighted by Gasteiger charge is 2.29. The predicted molar refractivity (Wildman–Crippen MR) is 61.3 cm³/mol. The second-order valence-electron chi connectivity index (χ2n) is 3.32. The van der Waals surface area contributed by atoms with E-state index in [4.69, 9.17) is 4.42 Å². The van der Waals surface area contributed by atoms with Crippen LogP contribution in [0.25, 0.3) is 0 Å². The van der Waals surface area contributed by atoms with Crippen LogP contribution in [0.5, 0.6) is 0 Å². The summed E-state index contributed by atoms with van der Waals surface area (Å²) in [5, 5.41) is 7.40. The van der Waals surface area contributed by atoms with E-state index in [1.165, 1.54) is 12.1 Å². The molecule has 0 amide bonds. The molecule has 0 fully saturated rings. The van der Waals surface area contributed by atoms with E-state index >= 15 is 0 Å². The van der Waals surface area contributed by atoms with Gasteiger partial charge in [0.15, 0.2) is 0 Å². The van der Waals surface area contributed by atoms with Crippen molar-refractivity contribution in [3.63, 3.8) is 0 Å². The average molecular weight is 354 g/mol. The molecule has 1 aromatic heterocycles. The zero-order chi connectivity index (χ0) is 12.5. The second-order valence-corrected chi connectivity index (χ2v) is 4.24. The molecule has 0 saturated heterocycles. The fraction of sp³-hybridized carbons (Fsp3) is 0.200. The monoisotopic (exact) mass is 354 g/mol. The zero-order valence-electron chi connectivity index (χ0n) is 8.33. The predicted octanol–water partition coefficient (Wildman–Crippen LogP) is 3.28. The summed E-state index contributed by atoms with van der Waals surface area (Å²) in [5.41, 5.74) is 0.0272. The highest BCUT2D eigenvalue weighted by Crippen LogP contribution is 2.29. The summed E-state index contributed by atoms with van der Waals surface area (Å²) in [7, 11) is 0. The van der Waals surface area contributed by atoms with Crippen LogP contribution in [0.3, 0.4) is 0 Å². The van der Waals surface area contributed by atoms with E-state index in [2.05, 4.69) is 10.2 Å². The average Bonchev–Trinajstić information content (AvgIpc) is 2.63. The second kappa shape index (κ2) is 4.63. The molecule has 7 heteroatoms. The van der Waals surface area contributed by atoms with E-state index < -0.39 is 11.7 Å². The fourth-order valence-corrected chi connectivity index (χ4v) is 1.65. The van der Waals surface area contributed by atoms with E-state index in [0.29, 0.717) is 21.8 Å². The minimum Gasteiger partial charge on any atom is -0.416 e. The lowest BCUT2D eigenvalue weighted by molar-refractivity contribution is -0.137. The molecule has 0 bridgehead atoms. The molecular formula is C10H6F3IN2O. The summed E-state index contributed by atoms with van der Waals surface area (Å²) in [6, 6.07) is 4.88. The zero-order valence-corrected chi connectivity index (χ0v) is 10.5. The third kappa shape index (κ3) is 3.18. The number of aromatic nitrogens is 2. The third-order valence-electron chi connectivity index (χ3n) is 2.08. The van der Waals surface area contributed by atoms with Crippen molar-refractivity contribution in [1.29, 1.82) is 0 Å². The van der Waals surface area contributed by atoms with Crippen LogP contribution >= 0.6 is 22.6 Å². The largest absolute Gasteiger partial charge is 0.416 e. The molecule has 1 aromatic carbocycles. The summed E-state index contributed by atoms with van der Waals surface area (Å²) < 4.78 is 42.5. The molecule has 0 N–H and O–H groups in total. The van der Waals surface area contributed by atoms with Gasteiger partial charge in [0.05, 0.1) is 12.0 Å². The van der Waals surface area contributed by atoms with Crippen LogP contribution < -0.4 is 0 Å². The Hall–Kier alpha value is -1.12. The normalized spacial score (nSPS) is 11.8. The van der Waals surface area contributed by atoms with Crippen LogP contribution in [-0.4, -0.2) is 10.2 Å². The fourth-order valence-electron chi connectivity index (χ4n) is 1.29. The molecule has 1 heterocycles. The Morgan fingerprint density at radius 1 is 1.12 bits per heavy atom. The van der Waals surface area contributed by atoms with Crippen molar-refractivity contribution in [2.75, 3.05) is 0 Å². The minimum atomic E-state index is -4.31. The summed E-state index contributed by atoms with van der Waals surface area (Å²) in [6.45, 7) is 0. The first-order chi connectivity index (χ1) is 7.95. The van der Waals surface area contributed by atoms with Gasteiger partial charge in [0.25, 0.3) is 3.90 Å². The van der Waals surface area contributed by atoms with E-state index in [1.54, 1.807) is 0 Å². The van der Waals surface area contributed by atoms with Gasteiger partial charge in [-0.15, -0.1) is 10.2 Å². The summed E-state index contributed by atoms with van der Waals surface area (Å²) in [5.74, 6) is 0.383. The van der Waals surface area contributed by atoms with Crippen molar-refractivity contribution in [2.24, 2.45) is 0 Å². The van der Waals surface area contributed by atoms with Crippen LogP contribution in [0.4, 0.5) is 13.2 Å². The lowest BCUT2D eigenvalue weighted by Gasteiger charge is -2.06. The Morgan fingerprint density at radius 2 is 1.76 bits per heavy atom.